The molecule has 2 aromatic rings. The van der Waals surface area contributed by atoms with E-state index in [-0.39, 0.29) is 11.6 Å². The number of aromatic nitrogens is 1. The molecule has 0 saturated heterocycles. The van der Waals surface area contributed by atoms with Crippen LogP contribution in [0, 0.1) is 0 Å². The molecule has 0 aliphatic heterocycles. The van der Waals surface area contributed by atoms with Crippen LogP contribution in [0.1, 0.15) is 24.2 Å². The average Bonchev–Trinajstić information content (AvgIpc) is 2.41. The van der Waals surface area contributed by atoms with Crippen molar-refractivity contribution in [2.45, 2.75) is 20.0 Å². The summed E-state index contributed by atoms with van der Waals surface area (Å²) in [6.45, 7) is 3.77. The average molecular weight is 272 g/mol. The zero-order chi connectivity index (χ0) is 14.5. The number of pyridine rings is 1. The van der Waals surface area contributed by atoms with Crippen LogP contribution in [-0.4, -0.2) is 21.9 Å². The molecular weight excluding hydrogens is 256 g/mol. The highest BCUT2D eigenvalue weighted by Crippen LogP contribution is 2.20. The highest BCUT2D eigenvalue weighted by molar-refractivity contribution is 5.97. The number of hydrogen-bond acceptors (Lipinski definition) is 3. The van der Waals surface area contributed by atoms with Gasteiger partial charge in [0, 0.05) is 6.20 Å². The van der Waals surface area contributed by atoms with Crippen molar-refractivity contribution in [2.24, 2.45) is 4.99 Å². The molecule has 2 rings (SSSR count). The Morgan fingerprint density at radius 1 is 1.20 bits per heavy atom. The summed E-state index contributed by atoms with van der Waals surface area (Å²) in [5.41, 5.74) is 0.530. The summed E-state index contributed by atoms with van der Waals surface area (Å²) in [4.78, 5) is 16.1. The number of nitrogens with zero attached hydrogens (tertiary/aromatic N) is 2. The second-order valence-electron chi connectivity index (χ2n) is 4.48. The SMILES string of the molecule is CC(C)Oc1ccccc1C(=O)N=c1ccccn1O. The highest BCUT2D eigenvalue weighted by Gasteiger charge is 2.12. The smallest absolute Gasteiger partial charge is 0.282 e. The zero-order valence-corrected chi connectivity index (χ0v) is 11.4. The molecular formula is C15H16N2O3. The number of carbonyl (C=O) groups is 1. The van der Waals surface area contributed by atoms with Crippen LogP contribution in [0.15, 0.2) is 53.7 Å². The van der Waals surface area contributed by atoms with Crippen molar-refractivity contribution >= 4 is 5.91 Å². The Hall–Kier alpha value is -2.56. The monoisotopic (exact) mass is 272 g/mol. The molecule has 1 N–H and O–H groups in total. The summed E-state index contributed by atoms with van der Waals surface area (Å²) < 4.78 is 6.38. The molecule has 1 aromatic heterocycles. The molecule has 0 spiro atoms. The number of rotatable bonds is 3. The van der Waals surface area contributed by atoms with E-state index in [2.05, 4.69) is 4.99 Å². The Kier molecular flexibility index (Phi) is 4.20. The molecule has 0 atom stereocenters. The molecule has 0 aliphatic carbocycles. The number of amides is 1. The van der Waals surface area contributed by atoms with Gasteiger partial charge in [0.05, 0.1) is 11.7 Å². The Balaban J connectivity index is 2.40. The van der Waals surface area contributed by atoms with Gasteiger partial charge in [-0.1, -0.05) is 18.2 Å². The van der Waals surface area contributed by atoms with Gasteiger partial charge in [-0.15, -0.1) is 0 Å². The Morgan fingerprint density at radius 3 is 2.60 bits per heavy atom. The lowest BCUT2D eigenvalue weighted by Gasteiger charge is -2.12. The topological polar surface area (TPSA) is 63.8 Å². The van der Waals surface area contributed by atoms with Crippen LogP contribution in [0.5, 0.6) is 5.75 Å². The summed E-state index contributed by atoms with van der Waals surface area (Å²) >= 11 is 0. The molecule has 0 aliphatic rings. The predicted octanol–water partition coefficient (Wildman–Crippen LogP) is 2.25. The van der Waals surface area contributed by atoms with E-state index in [1.54, 1.807) is 42.5 Å². The zero-order valence-electron chi connectivity index (χ0n) is 11.4. The predicted molar refractivity (Wildman–Crippen MR) is 73.7 cm³/mol. The van der Waals surface area contributed by atoms with E-state index in [1.165, 1.54) is 6.20 Å². The lowest BCUT2D eigenvalue weighted by Crippen LogP contribution is -2.19. The number of para-hydroxylation sites is 1. The molecule has 0 radical (unpaired) electrons. The van der Waals surface area contributed by atoms with Crippen molar-refractivity contribution in [1.82, 2.24) is 4.73 Å². The summed E-state index contributed by atoms with van der Waals surface area (Å²) in [7, 11) is 0. The van der Waals surface area contributed by atoms with Gasteiger partial charge in [0.25, 0.3) is 5.91 Å². The van der Waals surface area contributed by atoms with Gasteiger partial charge in [-0.05, 0) is 38.1 Å². The molecule has 0 bridgehead atoms. The van der Waals surface area contributed by atoms with Crippen molar-refractivity contribution in [3.05, 3.63) is 59.7 Å². The fourth-order valence-electron chi connectivity index (χ4n) is 1.68. The fourth-order valence-corrected chi connectivity index (χ4v) is 1.68. The first-order chi connectivity index (χ1) is 9.58. The minimum absolute atomic E-state index is 0.0385. The molecule has 104 valence electrons. The van der Waals surface area contributed by atoms with Gasteiger partial charge in [-0.3, -0.25) is 4.79 Å². The first-order valence-electron chi connectivity index (χ1n) is 6.29. The second-order valence-corrected chi connectivity index (χ2v) is 4.48. The minimum Gasteiger partial charge on any atom is -0.490 e. The largest absolute Gasteiger partial charge is 0.490 e. The van der Waals surface area contributed by atoms with E-state index in [9.17, 15) is 10.0 Å². The number of benzene rings is 1. The van der Waals surface area contributed by atoms with E-state index in [1.807, 2.05) is 13.8 Å². The summed E-state index contributed by atoms with van der Waals surface area (Å²) in [5.74, 6) is 0.0203. The van der Waals surface area contributed by atoms with Crippen LogP contribution in [0.25, 0.3) is 0 Å². The molecule has 0 fully saturated rings. The van der Waals surface area contributed by atoms with Gasteiger partial charge < -0.3 is 9.94 Å². The first kappa shape index (κ1) is 13.9. The van der Waals surface area contributed by atoms with Crippen molar-refractivity contribution in [1.29, 1.82) is 0 Å². The van der Waals surface area contributed by atoms with Crippen LogP contribution < -0.4 is 10.2 Å². The second kappa shape index (κ2) is 6.06. The number of ether oxygens (including phenoxy) is 1. The van der Waals surface area contributed by atoms with E-state index < -0.39 is 5.91 Å². The van der Waals surface area contributed by atoms with Crippen molar-refractivity contribution in [3.63, 3.8) is 0 Å². The normalized spacial score (nSPS) is 11.7. The molecule has 5 nitrogen and oxygen atoms in total. The first-order valence-corrected chi connectivity index (χ1v) is 6.29. The van der Waals surface area contributed by atoms with Crippen molar-refractivity contribution < 1.29 is 14.7 Å². The van der Waals surface area contributed by atoms with Crippen LogP contribution in [-0.2, 0) is 0 Å². The molecule has 0 unspecified atom stereocenters. The third kappa shape index (κ3) is 3.26. The standard InChI is InChI=1S/C15H16N2O3/c1-11(2)20-13-8-4-3-7-12(13)15(18)16-14-9-5-6-10-17(14)19/h3-11,19H,1-2H3. The molecule has 1 aromatic carbocycles. The maximum Gasteiger partial charge on any atom is 0.282 e. The lowest BCUT2D eigenvalue weighted by atomic mass is 10.2. The Labute approximate surface area is 116 Å². The quantitative estimate of drug-likeness (QED) is 0.872. The van der Waals surface area contributed by atoms with Gasteiger partial charge in [0.1, 0.15) is 5.75 Å². The van der Waals surface area contributed by atoms with Gasteiger partial charge in [-0.2, -0.15) is 9.72 Å². The van der Waals surface area contributed by atoms with Crippen molar-refractivity contribution in [3.8, 4) is 5.75 Å². The van der Waals surface area contributed by atoms with Crippen LogP contribution in [0.3, 0.4) is 0 Å². The minimum atomic E-state index is -0.463. The molecule has 5 heteroatoms. The van der Waals surface area contributed by atoms with Crippen LogP contribution >= 0.6 is 0 Å². The van der Waals surface area contributed by atoms with E-state index in [0.717, 1.165) is 4.73 Å². The fraction of sp³-hybridized carbons (Fsp3) is 0.200. The van der Waals surface area contributed by atoms with E-state index in [4.69, 9.17) is 4.74 Å². The molecule has 0 saturated carbocycles. The van der Waals surface area contributed by atoms with Crippen LogP contribution in [0.4, 0.5) is 0 Å². The summed E-state index contributed by atoms with van der Waals surface area (Å²) in [6.07, 6.45) is 1.37. The molecule has 1 amide bonds. The van der Waals surface area contributed by atoms with Crippen LogP contribution in [0.2, 0.25) is 0 Å². The summed E-state index contributed by atoms with van der Waals surface area (Å²) in [6, 6.07) is 11.8. The van der Waals surface area contributed by atoms with E-state index >= 15 is 0 Å². The molecule has 1 heterocycles. The van der Waals surface area contributed by atoms with Gasteiger partial charge in [0.2, 0.25) is 0 Å². The number of carbonyl (C=O) groups excluding carboxylic acids is 1. The summed E-state index contributed by atoms with van der Waals surface area (Å²) in [5, 5.41) is 9.56. The van der Waals surface area contributed by atoms with Gasteiger partial charge >= 0.3 is 0 Å². The Morgan fingerprint density at radius 2 is 1.90 bits per heavy atom. The maximum absolute atomic E-state index is 12.2. The highest BCUT2D eigenvalue weighted by atomic mass is 16.5. The van der Waals surface area contributed by atoms with Crippen molar-refractivity contribution in [2.75, 3.05) is 0 Å². The van der Waals surface area contributed by atoms with Gasteiger partial charge in [0.15, 0.2) is 5.49 Å². The lowest BCUT2D eigenvalue weighted by molar-refractivity contribution is 0.0982. The third-order valence-corrected chi connectivity index (χ3v) is 2.51. The Bertz CT molecular complexity index is 675. The van der Waals surface area contributed by atoms with E-state index in [0.29, 0.717) is 11.3 Å². The molecule has 20 heavy (non-hydrogen) atoms. The third-order valence-electron chi connectivity index (χ3n) is 2.51. The van der Waals surface area contributed by atoms with Gasteiger partial charge in [-0.25, -0.2) is 0 Å². The maximum atomic E-state index is 12.2. The number of hydrogen-bond donors (Lipinski definition) is 1.